The summed E-state index contributed by atoms with van der Waals surface area (Å²) in [5.41, 5.74) is 8.18. The molecule has 1 heterocycles. The van der Waals surface area contributed by atoms with Crippen LogP contribution in [-0.2, 0) is 16.0 Å². The number of carbonyl (C=O) groups is 1. The summed E-state index contributed by atoms with van der Waals surface area (Å²) < 4.78 is 6.85. The van der Waals surface area contributed by atoms with Crippen LogP contribution in [0.1, 0.15) is 24.2 Å². The Hall–Kier alpha value is -3.64. The first-order valence-electron chi connectivity index (χ1n) is 11.4. The molecule has 1 aliphatic rings. The van der Waals surface area contributed by atoms with E-state index in [4.69, 9.17) is 9.72 Å². The van der Waals surface area contributed by atoms with Crippen molar-refractivity contribution >= 4 is 27.6 Å². The lowest BCUT2D eigenvalue weighted by molar-refractivity contribution is -0.146. The minimum Gasteiger partial charge on any atom is -0.507 e. The third-order valence-electron chi connectivity index (χ3n) is 6.38. The maximum atomic E-state index is 12.2. The highest BCUT2D eigenvalue weighted by molar-refractivity contribution is 9.10. The number of halogens is 1. The van der Waals surface area contributed by atoms with Crippen LogP contribution < -0.4 is 4.90 Å². The van der Waals surface area contributed by atoms with Gasteiger partial charge >= 0.3 is 5.97 Å². The van der Waals surface area contributed by atoms with Crippen molar-refractivity contribution in [2.75, 3.05) is 19.0 Å². The van der Waals surface area contributed by atoms with Gasteiger partial charge in [0.15, 0.2) is 0 Å². The number of hydrogen-bond donors (Lipinski definition) is 1. The molecule has 1 unspecified atom stereocenters. The van der Waals surface area contributed by atoms with Crippen LogP contribution in [0.3, 0.4) is 0 Å². The third kappa shape index (κ3) is 4.30. The van der Waals surface area contributed by atoms with Crippen molar-refractivity contribution in [1.82, 2.24) is 4.98 Å². The Morgan fingerprint density at radius 2 is 1.74 bits per heavy atom. The van der Waals surface area contributed by atoms with Gasteiger partial charge in [-0.25, -0.2) is 0 Å². The minimum absolute atomic E-state index is 0.159. The highest BCUT2D eigenvalue weighted by atomic mass is 79.9. The molecule has 0 saturated carbocycles. The Balaban J connectivity index is 1.73. The van der Waals surface area contributed by atoms with Crippen LogP contribution in [0.4, 0.5) is 5.69 Å². The van der Waals surface area contributed by atoms with Crippen LogP contribution in [0.2, 0.25) is 0 Å². The van der Waals surface area contributed by atoms with Crippen molar-refractivity contribution in [3.05, 3.63) is 88.5 Å². The summed E-state index contributed by atoms with van der Waals surface area (Å²) in [6, 6.07) is 21.7. The molecule has 3 aromatic carbocycles. The normalized spacial score (nSPS) is 14.1. The van der Waals surface area contributed by atoms with E-state index in [1.807, 2.05) is 85.9 Å². The first-order valence-corrected chi connectivity index (χ1v) is 12.2. The van der Waals surface area contributed by atoms with Gasteiger partial charge in [0.25, 0.3) is 0 Å². The van der Waals surface area contributed by atoms with Crippen LogP contribution in [-0.4, -0.2) is 30.2 Å². The number of benzene rings is 3. The largest absolute Gasteiger partial charge is 0.507 e. The lowest BCUT2D eigenvalue weighted by atomic mass is 9.77. The molecule has 0 amide bonds. The number of ether oxygens (including phenoxy) is 1. The molecule has 1 aromatic heterocycles. The van der Waals surface area contributed by atoms with Crippen molar-refractivity contribution in [2.24, 2.45) is 0 Å². The molecule has 1 aliphatic carbocycles. The molecule has 0 aliphatic heterocycles. The van der Waals surface area contributed by atoms with Gasteiger partial charge in [0.05, 0.1) is 17.6 Å². The second-order valence-electron chi connectivity index (χ2n) is 8.86. The Morgan fingerprint density at radius 1 is 1.00 bits per heavy atom. The van der Waals surface area contributed by atoms with Gasteiger partial charge in [0.1, 0.15) is 11.9 Å². The number of fused-ring (bicyclic) bond motifs is 3. The van der Waals surface area contributed by atoms with Crippen molar-refractivity contribution in [3.63, 3.8) is 0 Å². The molecule has 6 heteroatoms. The fourth-order valence-electron chi connectivity index (χ4n) is 4.79. The summed E-state index contributed by atoms with van der Waals surface area (Å²) in [7, 11) is 3.96. The van der Waals surface area contributed by atoms with E-state index in [0.29, 0.717) is 12.0 Å². The second-order valence-corrected chi connectivity index (χ2v) is 9.77. The predicted octanol–water partition coefficient (Wildman–Crippen LogP) is 6.78. The molecule has 0 saturated heterocycles. The average Bonchev–Trinajstić information content (AvgIpc) is 2.84. The molecule has 5 rings (SSSR count). The Kier molecular flexibility index (Phi) is 6.07. The van der Waals surface area contributed by atoms with Crippen LogP contribution in [0.15, 0.2) is 77.4 Å². The molecular formula is C29H25BrN2O3. The number of nitrogens with zero attached hydrogens (tertiary/aromatic N) is 2. The number of aromatic nitrogens is 1. The van der Waals surface area contributed by atoms with Crippen molar-refractivity contribution in [3.8, 4) is 39.3 Å². The molecule has 35 heavy (non-hydrogen) atoms. The molecule has 5 nitrogen and oxygen atoms in total. The van der Waals surface area contributed by atoms with E-state index in [-0.39, 0.29) is 11.7 Å². The van der Waals surface area contributed by atoms with Crippen molar-refractivity contribution < 1.29 is 14.6 Å². The lowest BCUT2D eigenvalue weighted by Crippen LogP contribution is -2.18. The summed E-state index contributed by atoms with van der Waals surface area (Å²) in [6.07, 6.45) is 1.79. The summed E-state index contributed by atoms with van der Waals surface area (Å²) in [4.78, 5) is 18.9. The molecule has 4 aromatic rings. The van der Waals surface area contributed by atoms with E-state index in [2.05, 4.69) is 15.9 Å². The van der Waals surface area contributed by atoms with E-state index in [1.54, 1.807) is 6.07 Å². The summed E-state index contributed by atoms with van der Waals surface area (Å²) in [5.74, 6) is -0.201. The zero-order valence-electron chi connectivity index (χ0n) is 19.7. The number of phenols is 1. The predicted molar refractivity (Wildman–Crippen MR) is 142 cm³/mol. The molecule has 1 N–H and O–H groups in total. The topological polar surface area (TPSA) is 62.7 Å². The van der Waals surface area contributed by atoms with Crippen LogP contribution in [0, 0.1) is 0 Å². The van der Waals surface area contributed by atoms with Gasteiger partial charge in [-0.15, -0.1) is 0 Å². The summed E-state index contributed by atoms with van der Waals surface area (Å²) >= 11 is 3.49. The number of esters is 1. The summed E-state index contributed by atoms with van der Waals surface area (Å²) in [6.45, 7) is 1.42. The second kappa shape index (κ2) is 9.19. The van der Waals surface area contributed by atoms with Gasteiger partial charge in [-0.3, -0.25) is 9.78 Å². The standard InChI is InChI=1S/C29H25BrN2O3/c1-17(33)35-27-15-24-22(25-13-11-20(16-31-25)32(2)3)5-4-6-23(24)28-26(34)14-12-21(29(27)28)18-7-9-19(30)10-8-18/h4-14,16,27,34H,15H2,1-3H3. The van der Waals surface area contributed by atoms with Crippen molar-refractivity contribution in [2.45, 2.75) is 19.4 Å². The van der Waals surface area contributed by atoms with Gasteiger partial charge in [0, 0.05) is 48.6 Å². The van der Waals surface area contributed by atoms with Gasteiger partial charge in [0.2, 0.25) is 0 Å². The SMILES string of the molecule is CC(=O)OC1Cc2c(-c3ccc(N(C)C)cn3)cccc2-c2c(O)ccc(-c3ccc(Br)cc3)c21. The fraction of sp³-hybridized carbons (Fsp3) is 0.172. The van der Waals surface area contributed by atoms with Crippen LogP contribution >= 0.6 is 15.9 Å². The van der Waals surface area contributed by atoms with Crippen molar-refractivity contribution in [1.29, 1.82) is 0 Å². The number of anilines is 1. The lowest BCUT2D eigenvalue weighted by Gasteiger charge is -2.31. The number of carbonyl (C=O) groups excluding carboxylic acids is 1. The molecule has 0 spiro atoms. The maximum Gasteiger partial charge on any atom is 0.303 e. The van der Waals surface area contributed by atoms with Crippen LogP contribution in [0.5, 0.6) is 5.75 Å². The zero-order valence-corrected chi connectivity index (χ0v) is 21.3. The number of rotatable bonds is 4. The number of hydrogen-bond acceptors (Lipinski definition) is 5. The van der Waals surface area contributed by atoms with Gasteiger partial charge in [-0.05, 0) is 52.6 Å². The summed E-state index contributed by atoms with van der Waals surface area (Å²) in [5, 5.41) is 11.1. The first kappa shape index (κ1) is 23.1. The highest BCUT2D eigenvalue weighted by Crippen LogP contribution is 2.50. The third-order valence-corrected chi connectivity index (χ3v) is 6.91. The van der Waals surface area contributed by atoms with Crippen LogP contribution in [0.25, 0.3) is 33.5 Å². The Labute approximate surface area is 213 Å². The van der Waals surface area contributed by atoms with E-state index in [9.17, 15) is 9.90 Å². The first-order chi connectivity index (χ1) is 16.8. The van der Waals surface area contributed by atoms with E-state index in [1.165, 1.54) is 6.92 Å². The number of phenolic OH excluding ortho intramolecular Hbond substituents is 1. The minimum atomic E-state index is -0.539. The Bertz CT molecular complexity index is 1410. The number of pyridine rings is 1. The molecule has 176 valence electrons. The zero-order chi connectivity index (χ0) is 24.7. The van der Waals surface area contributed by atoms with Gasteiger partial charge in [-0.1, -0.05) is 52.3 Å². The molecule has 0 bridgehead atoms. The molecule has 1 atom stereocenters. The van der Waals surface area contributed by atoms with E-state index in [0.717, 1.165) is 49.2 Å². The maximum absolute atomic E-state index is 12.2. The smallest absolute Gasteiger partial charge is 0.303 e. The monoisotopic (exact) mass is 528 g/mol. The fourth-order valence-corrected chi connectivity index (χ4v) is 5.05. The van der Waals surface area contributed by atoms with Gasteiger partial charge < -0.3 is 14.7 Å². The molecule has 0 fully saturated rings. The quantitative estimate of drug-likeness (QED) is 0.296. The average molecular weight is 529 g/mol. The molecule has 0 radical (unpaired) electrons. The number of aromatic hydroxyl groups is 1. The Morgan fingerprint density at radius 3 is 2.40 bits per heavy atom. The van der Waals surface area contributed by atoms with Gasteiger partial charge in [-0.2, -0.15) is 0 Å². The van der Waals surface area contributed by atoms with E-state index >= 15 is 0 Å². The molecular weight excluding hydrogens is 504 g/mol. The van der Waals surface area contributed by atoms with E-state index < -0.39 is 6.10 Å². The highest BCUT2D eigenvalue weighted by Gasteiger charge is 2.33.